The van der Waals surface area contributed by atoms with Crippen LogP contribution in [0, 0.1) is 5.82 Å². The van der Waals surface area contributed by atoms with Crippen molar-refractivity contribution >= 4 is 0 Å². The SMILES string of the molecule is CCNC1c2ccccc2OCC1Oc1ccc(F)cc1. The molecule has 0 saturated carbocycles. The van der Waals surface area contributed by atoms with Crippen molar-refractivity contribution in [3.63, 3.8) is 0 Å². The van der Waals surface area contributed by atoms with Crippen LogP contribution >= 0.6 is 0 Å². The van der Waals surface area contributed by atoms with Gasteiger partial charge in [0.1, 0.15) is 23.9 Å². The smallest absolute Gasteiger partial charge is 0.152 e. The van der Waals surface area contributed by atoms with Crippen molar-refractivity contribution in [3.05, 3.63) is 59.9 Å². The van der Waals surface area contributed by atoms with E-state index in [-0.39, 0.29) is 18.0 Å². The Balaban J connectivity index is 1.83. The molecule has 0 aliphatic carbocycles. The van der Waals surface area contributed by atoms with E-state index in [1.807, 2.05) is 24.3 Å². The van der Waals surface area contributed by atoms with E-state index < -0.39 is 0 Å². The van der Waals surface area contributed by atoms with Crippen LogP contribution in [0.15, 0.2) is 48.5 Å². The average molecular weight is 287 g/mol. The molecular formula is C17H18FNO2. The minimum atomic E-state index is -0.268. The standard InChI is InChI=1S/C17H18FNO2/c1-2-19-17-14-5-3-4-6-15(14)20-11-16(17)21-13-9-7-12(18)8-10-13/h3-10,16-17,19H,2,11H2,1H3. The summed E-state index contributed by atoms with van der Waals surface area (Å²) in [5.74, 6) is 1.27. The highest BCUT2D eigenvalue weighted by Gasteiger charge is 2.31. The van der Waals surface area contributed by atoms with Crippen molar-refractivity contribution in [1.29, 1.82) is 0 Å². The lowest BCUT2D eigenvalue weighted by Crippen LogP contribution is -2.42. The van der Waals surface area contributed by atoms with Gasteiger partial charge in [-0.3, -0.25) is 0 Å². The van der Waals surface area contributed by atoms with Crippen LogP contribution in [-0.2, 0) is 0 Å². The van der Waals surface area contributed by atoms with Gasteiger partial charge in [0.25, 0.3) is 0 Å². The van der Waals surface area contributed by atoms with Crippen LogP contribution in [0.25, 0.3) is 0 Å². The molecule has 2 aromatic carbocycles. The number of hydrogen-bond acceptors (Lipinski definition) is 3. The molecule has 2 atom stereocenters. The number of para-hydroxylation sites is 1. The first-order valence-corrected chi connectivity index (χ1v) is 7.15. The Hall–Kier alpha value is -2.07. The maximum atomic E-state index is 13.0. The summed E-state index contributed by atoms with van der Waals surface area (Å²) >= 11 is 0. The lowest BCUT2D eigenvalue weighted by Gasteiger charge is -2.34. The molecule has 1 N–H and O–H groups in total. The topological polar surface area (TPSA) is 30.5 Å². The first-order valence-electron chi connectivity index (χ1n) is 7.15. The molecule has 0 saturated heterocycles. The van der Waals surface area contributed by atoms with Crippen LogP contribution in [0.3, 0.4) is 0 Å². The molecule has 1 heterocycles. The number of rotatable bonds is 4. The quantitative estimate of drug-likeness (QED) is 0.935. The first kappa shape index (κ1) is 13.9. The Morgan fingerprint density at radius 2 is 1.95 bits per heavy atom. The van der Waals surface area contributed by atoms with E-state index in [0.717, 1.165) is 17.9 Å². The Morgan fingerprint density at radius 1 is 1.19 bits per heavy atom. The summed E-state index contributed by atoms with van der Waals surface area (Å²) in [6.45, 7) is 3.36. The van der Waals surface area contributed by atoms with Crippen molar-refractivity contribution in [2.75, 3.05) is 13.2 Å². The van der Waals surface area contributed by atoms with Gasteiger partial charge in [0.05, 0.1) is 6.04 Å². The molecule has 3 nitrogen and oxygen atoms in total. The van der Waals surface area contributed by atoms with Crippen molar-refractivity contribution in [2.24, 2.45) is 0 Å². The lowest BCUT2D eigenvalue weighted by molar-refractivity contribution is 0.0752. The third-order valence-electron chi connectivity index (χ3n) is 3.55. The molecule has 0 aromatic heterocycles. The Bertz CT molecular complexity index is 600. The van der Waals surface area contributed by atoms with Gasteiger partial charge in [-0.25, -0.2) is 4.39 Å². The summed E-state index contributed by atoms with van der Waals surface area (Å²) < 4.78 is 24.7. The Kier molecular flexibility index (Phi) is 4.06. The predicted octanol–water partition coefficient (Wildman–Crippen LogP) is 3.32. The van der Waals surface area contributed by atoms with Crippen LogP contribution in [0.1, 0.15) is 18.5 Å². The normalized spacial score (nSPS) is 20.5. The molecule has 110 valence electrons. The van der Waals surface area contributed by atoms with Gasteiger partial charge in [0.2, 0.25) is 0 Å². The summed E-state index contributed by atoms with van der Waals surface area (Å²) in [7, 11) is 0. The number of fused-ring (bicyclic) bond motifs is 1. The maximum Gasteiger partial charge on any atom is 0.152 e. The predicted molar refractivity (Wildman–Crippen MR) is 79.2 cm³/mol. The highest BCUT2D eigenvalue weighted by atomic mass is 19.1. The van der Waals surface area contributed by atoms with Gasteiger partial charge in [0, 0.05) is 5.56 Å². The third-order valence-corrected chi connectivity index (χ3v) is 3.55. The minimum absolute atomic E-state index is 0.0602. The van der Waals surface area contributed by atoms with Crippen molar-refractivity contribution in [2.45, 2.75) is 19.1 Å². The summed E-state index contributed by atoms with van der Waals surface area (Å²) in [6, 6.07) is 14.1. The van der Waals surface area contributed by atoms with Crippen molar-refractivity contribution in [1.82, 2.24) is 5.32 Å². The molecule has 1 aliphatic rings. The molecule has 2 aromatic rings. The van der Waals surface area contributed by atoms with Gasteiger partial charge < -0.3 is 14.8 Å². The fourth-order valence-electron chi connectivity index (χ4n) is 2.59. The van der Waals surface area contributed by atoms with Crippen molar-refractivity contribution in [3.8, 4) is 11.5 Å². The van der Waals surface area contributed by atoms with E-state index in [2.05, 4.69) is 12.2 Å². The monoisotopic (exact) mass is 287 g/mol. The number of likely N-dealkylation sites (N-methyl/N-ethyl adjacent to an activating group) is 1. The molecule has 0 fully saturated rings. The van der Waals surface area contributed by atoms with Gasteiger partial charge in [-0.15, -0.1) is 0 Å². The van der Waals surface area contributed by atoms with Gasteiger partial charge >= 0.3 is 0 Å². The van der Waals surface area contributed by atoms with Crippen LogP contribution < -0.4 is 14.8 Å². The molecule has 21 heavy (non-hydrogen) atoms. The maximum absolute atomic E-state index is 13.0. The molecule has 2 unspecified atom stereocenters. The fraction of sp³-hybridized carbons (Fsp3) is 0.294. The van der Waals surface area contributed by atoms with Crippen LogP contribution in [0.4, 0.5) is 4.39 Å². The van der Waals surface area contributed by atoms with E-state index in [1.54, 1.807) is 12.1 Å². The zero-order valence-corrected chi connectivity index (χ0v) is 11.9. The van der Waals surface area contributed by atoms with E-state index in [0.29, 0.717) is 12.4 Å². The zero-order valence-electron chi connectivity index (χ0n) is 11.9. The summed E-state index contributed by atoms with van der Waals surface area (Å²) in [5, 5.41) is 3.44. The fourth-order valence-corrected chi connectivity index (χ4v) is 2.59. The van der Waals surface area contributed by atoms with Gasteiger partial charge in [-0.1, -0.05) is 25.1 Å². The van der Waals surface area contributed by atoms with E-state index in [1.165, 1.54) is 12.1 Å². The van der Waals surface area contributed by atoms with Crippen molar-refractivity contribution < 1.29 is 13.9 Å². The lowest BCUT2D eigenvalue weighted by atomic mass is 9.98. The molecule has 0 radical (unpaired) electrons. The second kappa shape index (κ2) is 6.14. The second-order valence-corrected chi connectivity index (χ2v) is 4.99. The molecule has 0 spiro atoms. The summed E-state index contributed by atoms with van der Waals surface area (Å²) in [5.41, 5.74) is 1.10. The number of hydrogen-bond donors (Lipinski definition) is 1. The number of benzene rings is 2. The van der Waals surface area contributed by atoms with Gasteiger partial charge in [-0.05, 0) is 36.9 Å². The summed E-state index contributed by atoms with van der Waals surface area (Å²) in [6.07, 6.45) is -0.148. The van der Waals surface area contributed by atoms with Gasteiger partial charge in [0.15, 0.2) is 6.10 Å². The van der Waals surface area contributed by atoms with Crippen LogP contribution in [0.2, 0.25) is 0 Å². The van der Waals surface area contributed by atoms with E-state index in [9.17, 15) is 4.39 Å². The largest absolute Gasteiger partial charge is 0.489 e. The van der Waals surface area contributed by atoms with E-state index >= 15 is 0 Å². The first-order chi connectivity index (χ1) is 10.3. The molecule has 0 amide bonds. The zero-order chi connectivity index (χ0) is 14.7. The number of nitrogens with one attached hydrogen (secondary N) is 1. The molecule has 0 bridgehead atoms. The highest BCUT2D eigenvalue weighted by Crippen LogP contribution is 2.33. The average Bonchev–Trinajstić information content (AvgIpc) is 2.52. The van der Waals surface area contributed by atoms with Gasteiger partial charge in [-0.2, -0.15) is 0 Å². The van der Waals surface area contributed by atoms with E-state index in [4.69, 9.17) is 9.47 Å². The Morgan fingerprint density at radius 3 is 2.71 bits per heavy atom. The minimum Gasteiger partial charge on any atom is -0.489 e. The highest BCUT2D eigenvalue weighted by molar-refractivity contribution is 5.39. The third kappa shape index (κ3) is 3.00. The molecular weight excluding hydrogens is 269 g/mol. The number of ether oxygens (including phenoxy) is 2. The van der Waals surface area contributed by atoms with Crippen LogP contribution in [0.5, 0.6) is 11.5 Å². The molecule has 1 aliphatic heterocycles. The Labute approximate surface area is 123 Å². The summed E-state index contributed by atoms with van der Waals surface area (Å²) in [4.78, 5) is 0. The second-order valence-electron chi connectivity index (χ2n) is 4.99. The number of halogens is 1. The molecule has 3 rings (SSSR count). The van der Waals surface area contributed by atoms with Crippen LogP contribution in [-0.4, -0.2) is 19.3 Å². The molecule has 4 heteroatoms.